The van der Waals surface area contributed by atoms with Crippen LogP contribution in [0.1, 0.15) is 11.1 Å². The SMILES string of the molecule is Cc1ccc2c(-c3ccccc3)c3c(-c4ccccc4)c4cc(C)ccc4c(-c4ccccc4)c3c(-c3ccccc3)c2c1. The second-order valence-corrected chi connectivity index (χ2v) is 11.8. The summed E-state index contributed by atoms with van der Waals surface area (Å²) >= 11 is 0. The lowest BCUT2D eigenvalue weighted by Crippen LogP contribution is -1.98. The van der Waals surface area contributed by atoms with Gasteiger partial charge in [-0.15, -0.1) is 0 Å². The molecular formula is C44H32. The average Bonchev–Trinajstić information content (AvgIpc) is 3.07. The Labute approximate surface area is 258 Å². The van der Waals surface area contributed by atoms with Crippen LogP contribution in [0.3, 0.4) is 0 Å². The van der Waals surface area contributed by atoms with Crippen molar-refractivity contribution >= 4 is 32.3 Å². The van der Waals surface area contributed by atoms with E-state index in [1.54, 1.807) is 0 Å². The lowest BCUT2D eigenvalue weighted by atomic mass is 9.77. The van der Waals surface area contributed by atoms with Crippen molar-refractivity contribution in [1.82, 2.24) is 0 Å². The third kappa shape index (κ3) is 4.22. The predicted octanol–water partition coefficient (Wildman–Crippen LogP) is 12.4. The first kappa shape index (κ1) is 26.2. The molecule has 0 spiro atoms. The van der Waals surface area contributed by atoms with E-state index in [0.717, 1.165) is 0 Å². The van der Waals surface area contributed by atoms with Crippen LogP contribution in [0.4, 0.5) is 0 Å². The van der Waals surface area contributed by atoms with Crippen molar-refractivity contribution < 1.29 is 0 Å². The van der Waals surface area contributed by atoms with Crippen molar-refractivity contribution in [3.05, 3.63) is 169 Å². The Morgan fingerprint density at radius 1 is 0.273 bits per heavy atom. The van der Waals surface area contributed by atoms with Crippen LogP contribution in [0.5, 0.6) is 0 Å². The van der Waals surface area contributed by atoms with Gasteiger partial charge in [-0.25, -0.2) is 0 Å². The topological polar surface area (TPSA) is 0 Å². The molecule has 0 N–H and O–H groups in total. The molecule has 0 unspecified atom stereocenters. The van der Waals surface area contributed by atoms with Gasteiger partial charge in [-0.1, -0.05) is 169 Å². The van der Waals surface area contributed by atoms with Crippen molar-refractivity contribution in [3.63, 3.8) is 0 Å². The molecule has 0 amide bonds. The van der Waals surface area contributed by atoms with Crippen molar-refractivity contribution in [2.75, 3.05) is 0 Å². The molecule has 0 saturated heterocycles. The van der Waals surface area contributed by atoms with Crippen LogP contribution < -0.4 is 0 Å². The van der Waals surface area contributed by atoms with Gasteiger partial charge in [-0.05, 0) is 90.7 Å². The number of hydrogen-bond donors (Lipinski definition) is 0. The van der Waals surface area contributed by atoms with E-state index in [1.807, 2.05) is 0 Å². The zero-order valence-corrected chi connectivity index (χ0v) is 25.0. The molecule has 0 aliphatic rings. The summed E-state index contributed by atoms with van der Waals surface area (Å²) in [5.41, 5.74) is 12.6. The molecule has 0 radical (unpaired) electrons. The monoisotopic (exact) mass is 560 g/mol. The Morgan fingerprint density at radius 3 is 0.841 bits per heavy atom. The van der Waals surface area contributed by atoms with Crippen molar-refractivity contribution in [2.24, 2.45) is 0 Å². The Morgan fingerprint density at radius 2 is 0.545 bits per heavy atom. The summed E-state index contributed by atoms with van der Waals surface area (Å²) in [7, 11) is 0. The van der Waals surface area contributed by atoms with Gasteiger partial charge in [0.2, 0.25) is 0 Å². The van der Waals surface area contributed by atoms with E-state index in [9.17, 15) is 0 Å². The minimum atomic E-state index is 1.23. The molecule has 8 rings (SSSR count). The fourth-order valence-corrected chi connectivity index (χ4v) is 7.07. The number of hydrogen-bond acceptors (Lipinski definition) is 0. The summed E-state index contributed by atoms with van der Waals surface area (Å²) in [5.74, 6) is 0. The minimum absolute atomic E-state index is 1.23. The van der Waals surface area contributed by atoms with Crippen LogP contribution in [0.15, 0.2) is 158 Å². The highest BCUT2D eigenvalue weighted by Crippen LogP contribution is 2.53. The van der Waals surface area contributed by atoms with E-state index in [-0.39, 0.29) is 0 Å². The van der Waals surface area contributed by atoms with Crippen molar-refractivity contribution in [3.8, 4) is 44.5 Å². The highest BCUT2D eigenvalue weighted by molar-refractivity contribution is 6.33. The Hall–Kier alpha value is -5.46. The largest absolute Gasteiger partial charge is 0.0622 e. The third-order valence-corrected chi connectivity index (χ3v) is 8.93. The number of aryl methyl sites for hydroxylation is 2. The lowest BCUT2D eigenvalue weighted by Gasteiger charge is -2.25. The van der Waals surface area contributed by atoms with Crippen molar-refractivity contribution in [1.29, 1.82) is 0 Å². The van der Waals surface area contributed by atoms with Crippen LogP contribution in [-0.2, 0) is 0 Å². The second-order valence-electron chi connectivity index (χ2n) is 11.8. The predicted molar refractivity (Wildman–Crippen MR) is 190 cm³/mol. The van der Waals surface area contributed by atoms with Gasteiger partial charge >= 0.3 is 0 Å². The van der Waals surface area contributed by atoms with Gasteiger partial charge < -0.3 is 0 Å². The van der Waals surface area contributed by atoms with Crippen LogP contribution in [0, 0.1) is 13.8 Å². The summed E-state index contributed by atoms with van der Waals surface area (Å²) in [5, 5.41) is 7.72. The summed E-state index contributed by atoms with van der Waals surface area (Å²) < 4.78 is 0. The molecule has 0 atom stereocenters. The maximum Gasteiger partial charge on any atom is -0.000139 e. The molecule has 0 heterocycles. The molecule has 0 nitrogen and oxygen atoms in total. The van der Waals surface area contributed by atoms with Crippen LogP contribution in [0.25, 0.3) is 76.8 Å². The molecule has 8 aromatic carbocycles. The molecule has 0 fully saturated rings. The smallest absolute Gasteiger partial charge is 0.000139 e. The van der Waals surface area contributed by atoms with Gasteiger partial charge in [0.25, 0.3) is 0 Å². The highest BCUT2D eigenvalue weighted by Gasteiger charge is 2.25. The number of benzene rings is 8. The summed E-state index contributed by atoms with van der Waals surface area (Å²) in [6.45, 7) is 4.41. The minimum Gasteiger partial charge on any atom is -0.0622 e. The molecular weight excluding hydrogens is 528 g/mol. The van der Waals surface area contributed by atoms with Gasteiger partial charge in [-0.3, -0.25) is 0 Å². The van der Waals surface area contributed by atoms with Crippen LogP contribution in [-0.4, -0.2) is 0 Å². The van der Waals surface area contributed by atoms with E-state index < -0.39 is 0 Å². The Balaban J connectivity index is 1.79. The first-order valence-electron chi connectivity index (χ1n) is 15.4. The third-order valence-electron chi connectivity index (χ3n) is 8.93. The summed E-state index contributed by atoms with van der Waals surface area (Å²) in [6.07, 6.45) is 0. The maximum absolute atomic E-state index is 2.39. The van der Waals surface area contributed by atoms with Crippen LogP contribution in [0.2, 0.25) is 0 Å². The second kappa shape index (κ2) is 10.7. The normalized spacial score (nSPS) is 11.4. The van der Waals surface area contributed by atoms with E-state index >= 15 is 0 Å². The molecule has 44 heavy (non-hydrogen) atoms. The fraction of sp³-hybridized carbons (Fsp3) is 0.0455. The Kier molecular flexibility index (Phi) is 6.35. The summed E-state index contributed by atoms with van der Waals surface area (Å²) in [4.78, 5) is 0. The molecule has 0 saturated carbocycles. The van der Waals surface area contributed by atoms with Gasteiger partial charge in [0, 0.05) is 0 Å². The fourth-order valence-electron chi connectivity index (χ4n) is 7.07. The molecule has 0 aliphatic heterocycles. The van der Waals surface area contributed by atoms with E-state index in [1.165, 1.54) is 88.0 Å². The number of fused-ring (bicyclic) bond motifs is 3. The molecule has 0 aliphatic carbocycles. The molecule has 0 bridgehead atoms. The molecule has 0 heteroatoms. The van der Waals surface area contributed by atoms with Gasteiger partial charge in [-0.2, -0.15) is 0 Å². The standard InChI is InChI=1S/C44H32/c1-29-23-25-35-37(27-29)41(33-19-11-5-12-20-33)43-40(32-17-9-4-10-18-32)36-26-24-30(2)28-38(36)42(34-21-13-6-14-22-34)44(43)39(35)31-15-7-3-8-16-31/h3-28H,1-2H3. The highest BCUT2D eigenvalue weighted by atomic mass is 14.3. The Bertz CT molecular complexity index is 2130. The zero-order valence-electron chi connectivity index (χ0n) is 25.0. The van der Waals surface area contributed by atoms with Gasteiger partial charge in [0.05, 0.1) is 0 Å². The van der Waals surface area contributed by atoms with E-state index in [4.69, 9.17) is 0 Å². The molecule has 208 valence electrons. The quantitative estimate of drug-likeness (QED) is 0.188. The van der Waals surface area contributed by atoms with Crippen molar-refractivity contribution in [2.45, 2.75) is 13.8 Å². The maximum atomic E-state index is 2.39. The molecule has 0 aromatic heterocycles. The first-order valence-corrected chi connectivity index (χ1v) is 15.4. The molecule has 8 aromatic rings. The number of rotatable bonds is 4. The first-order chi connectivity index (χ1) is 21.7. The van der Waals surface area contributed by atoms with E-state index in [0.29, 0.717) is 0 Å². The summed E-state index contributed by atoms with van der Waals surface area (Å²) in [6, 6.07) is 57.9. The van der Waals surface area contributed by atoms with E-state index in [2.05, 4.69) is 172 Å². The van der Waals surface area contributed by atoms with Crippen LogP contribution >= 0.6 is 0 Å². The van der Waals surface area contributed by atoms with Gasteiger partial charge in [0.1, 0.15) is 0 Å². The lowest BCUT2D eigenvalue weighted by molar-refractivity contribution is 1.50. The average molecular weight is 561 g/mol. The van der Waals surface area contributed by atoms with Gasteiger partial charge in [0.15, 0.2) is 0 Å². The zero-order chi connectivity index (χ0) is 29.6.